The molecule has 1 aliphatic rings. The van der Waals surface area contributed by atoms with Crippen LogP contribution in [0.4, 0.5) is 0 Å². The highest BCUT2D eigenvalue weighted by Crippen LogP contribution is 2.17. The normalized spacial score (nSPS) is 22.1. The SMILES string of the molecule is COCC(=O)N1CC[C@@H](NC(=O)c2ccc(C)s2)[C@H](O)C1. The maximum absolute atomic E-state index is 12.1. The first-order chi connectivity index (χ1) is 10.0. The third-order valence-corrected chi connectivity index (χ3v) is 4.48. The van der Waals surface area contributed by atoms with Gasteiger partial charge < -0.3 is 20.1 Å². The minimum atomic E-state index is -0.760. The summed E-state index contributed by atoms with van der Waals surface area (Å²) < 4.78 is 4.80. The number of methoxy groups -OCH3 is 1. The van der Waals surface area contributed by atoms with E-state index in [0.717, 1.165) is 4.88 Å². The van der Waals surface area contributed by atoms with Gasteiger partial charge in [0.15, 0.2) is 0 Å². The summed E-state index contributed by atoms with van der Waals surface area (Å²) in [4.78, 5) is 27.0. The molecule has 0 saturated carbocycles. The molecule has 2 atom stereocenters. The molecule has 6 nitrogen and oxygen atoms in total. The molecule has 0 aliphatic carbocycles. The first kappa shape index (κ1) is 15.9. The van der Waals surface area contributed by atoms with E-state index in [0.29, 0.717) is 17.8 Å². The monoisotopic (exact) mass is 312 g/mol. The largest absolute Gasteiger partial charge is 0.389 e. The number of aliphatic hydroxyl groups is 1. The fraction of sp³-hybridized carbons (Fsp3) is 0.571. The van der Waals surface area contributed by atoms with Crippen LogP contribution < -0.4 is 5.32 Å². The first-order valence-electron chi connectivity index (χ1n) is 6.83. The highest BCUT2D eigenvalue weighted by molar-refractivity contribution is 7.13. The van der Waals surface area contributed by atoms with Gasteiger partial charge in [-0.1, -0.05) is 0 Å². The molecular weight excluding hydrogens is 292 g/mol. The Labute approximate surface area is 127 Å². The predicted molar refractivity (Wildman–Crippen MR) is 79.4 cm³/mol. The second-order valence-corrected chi connectivity index (χ2v) is 6.41. The van der Waals surface area contributed by atoms with E-state index in [2.05, 4.69) is 5.32 Å². The Morgan fingerprint density at radius 2 is 2.29 bits per heavy atom. The number of rotatable bonds is 4. The van der Waals surface area contributed by atoms with Gasteiger partial charge in [0, 0.05) is 25.1 Å². The van der Waals surface area contributed by atoms with Crippen LogP contribution >= 0.6 is 11.3 Å². The van der Waals surface area contributed by atoms with Gasteiger partial charge in [0.25, 0.3) is 5.91 Å². The van der Waals surface area contributed by atoms with E-state index >= 15 is 0 Å². The van der Waals surface area contributed by atoms with Crippen molar-refractivity contribution in [1.82, 2.24) is 10.2 Å². The Morgan fingerprint density at radius 1 is 1.52 bits per heavy atom. The average Bonchev–Trinajstić information content (AvgIpc) is 2.88. The zero-order valence-corrected chi connectivity index (χ0v) is 13.0. The minimum absolute atomic E-state index is 0.0121. The van der Waals surface area contributed by atoms with Gasteiger partial charge in [-0.05, 0) is 25.5 Å². The summed E-state index contributed by atoms with van der Waals surface area (Å²) in [5, 5.41) is 13.0. The Morgan fingerprint density at radius 3 is 2.86 bits per heavy atom. The zero-order valence-electron chi connectivity index (χ0n) is 12.2. The van der Waals surface area contributed by atoms with Gasteiger partial charge in [0.05, 0.1) is 17.0 Å². The Bertz CT molecular complexity index is 517. The second kappa shape index (κ2) is 7.02. The molecule has 2 amide bonds. The predicted octanol–water partition coefficient (Wildman–Crippen LogP) is 0.395. The van der Waals surface area contributed by atoms with E-state index in [4.69, 9.17) is 4.74 Å². The van der Waals surface area contributed by atoms with E-state index in [1.54, 1.807) is 11.0 Å². The molecule has 1 fully saturated rings. The summed E-state index contributed by atoms with van der Waals surface area (Å²) in [5.41, 5.74) is 0. The number of nitrogens with zero attached hydrogens (tertiary/aromatic N) is 1. The van der Waals surface area contributed by atoms with Crippen molar-refractivity contribution in [1.29, 1.82) is 0 Å². The summed E-state index contributed by atoms with van der Waals surface area (Å²) >= 11 is 1.42. The molecule has 2 rings (SSSR count). The van der Waals surface area contributed by atoms with E-state index in [1.807, 2.05) is 13.0 Å². The lowest BCUT2D eigenvalue weighted by molar-refractivity contribution is -0.138. The number of piperidine rings is 1. The smallest absolute Gasteiger partial charge is 0.261 e. The molecule has 2 heterocycles. The van der Waals surface area contributed by atoms with Crippen molar-refractivity contribution in [2.75, 3.05) is 26.8 Å². The lowest BCUT2D eigenvalue weighted by atomic mass is 10.0. The number of nitrogens with one attached hydrogen (secondary N) is 1. The van der Waals surface area contributed by atoms with Crippen LogP contribution in [0, 0.1) is 6.92 Å². The minimum Gasteiger partial charge on any atom is -0.389 e. The molecule has 1 aromatic rings. The van der Waals surface area contributed by atoms with Gasteiger partial charge in [-0.2, -0.15) is 0 Å². The maximum atomic E-state index is 12.1. The number of hydrogen-bond donors (Lipinski definition) is 2. The lowest BCUT2D eigenvalue weighted by Gasteiger charge is -2.36. The summed E-state index contributed by atoms with van der Waals surface area (Å²) in [6.45, 7) is 2.68. The quantitative estimate of drug-likeness (QED) is 0.843. The number of carbonyl (C=O) groups is 2. The summed E-state index contributed by atoms with van der Waals surface area (Å²) in [6.07, 6.45) is -0.225. The van der Waals surface area contributed by atoms with Gasteiger partial charge in [0.2, 0.25) is 5.91 Å². The summed E-state index contributed by atoms with van der Waals surface area (Å²) in [5.74, 6) is -0.316. The van der Waals surface area contributed by atoms with Gasteiger partial charge in [-0.15, -0.1) is 11.3 Å². The van der Waals surface area contributed by atoms with Crippen molar-refractivity contribution in [3.63, 3.8) is 0 Å². The van der Waals surface area contributed by atoms with Crippen LogP contribution in [0.1, 0.15) is 21.0 Å². The molecule has 0 aromatic carbocycles. The maximum Gasteiger partial charge on any atom is 0.261 e. The van der Waals surface area contributed by atoms with Crippen molar-refractivity contribution >= 4 is 23.2 Å². The molecule has 0 bridgehead atoms. The molecular formula is C14H20N2O4S. The second-order valence-electron chi connectivity index (χ2n) is 5.12. The number of hydrogen-bond acceptors (Lipinski definition) is 5. The number of likely N-dealkylation sites (tertiary alicyclic amines) is 1. The standard InChI is InChI=1S/C14H20N2O4S/c1-9-3-4-12(21-9)14(19)15-10-5-6-16(7-11(10)17)13(18)8-20-2/h3-4,10-11,17H,5-8H2,1-2H3,(H,15,19)/t10-,11-/m1/s1. The fourth-order valence-corrected chi connectivity index (χ4v) is 3.11. The molecule has 21 heavy (non-hydrogen) atoms. The van der Waals surface area contributed by atoms with E-state index in [9.17, 15) is 14.7 Å². The number of carbonyl (C=O) groups excluding carboxylic acids is 2. The molecule has 1 saturated heterocycles. The van der Waals surface area contributed by atoms with E-state index in [1.165, 1.54) is 18.4 Å². The van der Waals surface area contributed by atoms with E-state index in [-0.39, 0.29) is 31.0 Å². The third kappa shape index (κ3) is 4.03. The number of aliphatic hydroxyl groups excluding tert-OH is 1. The number of ether oxygens (including phenoxy) is 1. The summed E-state index contributed by atoms with van der Waals surface area (Å²) in [7, 11) is 1.46. The van der Waals surface area contributed by atoms with Crippen molar-refractivity contribution in [3.8, 4) is 0 Å². The molecule has 0 spiro atoms. The Balaban J connectivity index is 1.89. The average molecular weight is 312 g/mol. The Hall–Kier alpha value is -1.44. The molecule has 1 aliphatic heterocycles. The van der Waals surface area contributed by atoms with Crippen LogP contribution in [-0.4, -0.2) is 60.8 Å². The lowest BCUT2D eigenvalue weighted by Crippen LogP contribution is -2.55. The van der Waals surface area contributed by atoms with Crippen molar-refractivity contribution in [3.05, 3.63) is 21.9 Å². The number of thiophene rings is 1. The topological polar surface area (TPSA) is 78.9 Å². The van der Waals surface area contributed by atoms with Crippen molar-refractivity contribution in [2.45, 2.75) is 25.5 Å². The van der Waals surface area contributed by atoms with Gasteiger partial charge in [-0.25, -0.2) is 0 Å². The first-order valence-corrected chi connectivity index (χ1v) is 7.65. The van der Waals surface area contributed by atoms with Crippen LogP contribution in [-0.2, 0) is 9.53 Å². The van der Waals surface area contributed by atoms with Crippen LogP contribution in [0.5, 0.6) is 0 Å². The molecule has 0 unspecified atom stereocenters. The number of amides is 2. The van der Waals surface area contributed by atoms with Gasteiger partial charge >= 0.3 is 0 Å². The zero-order chi connectivity index (χ0) is 15.4. The molecule has 7 heteroatoms. The molecule has 0 radical (unpaired) electrons. The third-order valence-electron chi connectivity index (χ3n) is 3.48. The fourth-order valence-electron chi connectivity index (χ4n) is 2.34. The number of β-amino-alcohol motifs (C(OH)–C–C–N with tert-alkyl or cyclic N) is 1. The molecule has 116 valence electrons. The number of aryl methyl sites for hydroxylation is 1. The van der Waals surface area contributed by atoms with E-state index < -0.39 is 6.10 Å². The Kier molecular flexibility index (Phi) is 5.33. The summed E-state index contributed by atoms with van der Waals surface area (Å²) in [6, 6.07) is 3.34. The van der Waals surface area contributed by atoms with Crippen molar-refractivity contribution in [2.24, 2.45) is 0 Å². The highest BCUT2D eigenvalue weighted by Gasteiger charge is 2.31. The van der Waals surface area contributed by atoms with Crippen LogP contribution in [0.2, 0.25) is 0 Å². The van der Waals surface area contributed by atoms with Crippen LogP contribution in [0.15, 0.2) is 12.1 Å². The molecule has 2 N–H and O–H groups in total. The van der Waals surface area contributed by atoms with Crippen molar-refractivity contribution < 1.29 is 19.4 Å². The van der Waals surface area contributed by atoms with Gasteiger partial charge in [0.1, 0.15) is 6.61 Å². The van der Waals surface area contributed by atoms with Gasteiger partial charge in [-0.3, -0.25) is 9.59 Å². The van der Waals surface area contributed by atoms with Crippen LogP contribution in [0.3, 0.4) is 0 Å². The highest BCUT2D eigenvalue weighted by atomic mass is 32.1. The molecule has 1 aromatic heterocycles. The van der Waals surface area contributed by atoms with Crippen LogP contribution in [0.25, 0.3) is 0 Å².